The zero-order valence-electron chi connectivity index (χ0n) is 15.6. The lowest BCUT2D eigenvalue weighted by molar-refractivity contribution is -0.384. The van der Waals surface area contributed by atoms with Gasteiger partial charge in [-0.2, -0.15) is 0 Å². The summed E-state index contributed by atoms with van der Waals surface area (Å²) in [5.41, 5.74) is 0.232. The van der Waals surface area contributed by atoms with Gasteiger partial charge >= 0.3 is 6.03 Å². The Balaban J connectivity index is 1.74. The Morgan fingerprint density at radius 1 is 1.24 bits per heavy atom. The molecule has 2 aromatic rings. The Morgan fingerprint density at radius 2 is 1.90 bits per heavy atom. The third-order valence-electron chi connectivity index (χ3n) is 4.64. The standard InChI is InChI=1S/C19H17ClN4O5/c1-11-3-5-12(6-4-11)19(2)17(26)23(18(27)22-19)10-16(25)21-15-8-7-13(24(28)29)9-14(15)20/h3-9H,10H2,1-2H3,(H,21,25)(H,22,27). The van der Waals surface area contributed by atoms with Gasteiger partial charge in [-0.15, -0.1) is 0 Å². The second-order valence-electron chi connectivity index (χ2n) is 6.78. The highest BCUT2D eigenvalue weighted by atomic mass is 35.5. The fraction of sp³-hybridized carbons (Fsp3) is 0.211. The number of nitrogens with one attached hydrogen (secondary N) is 2. The molecule has 1 aliphatic heterocycles. The molecule has 29 heavy (non-hydrogen) atoms. The molecule has 0 bridgehead atoms. The van der Waals surface area contributed by atoms with Gasteiger partial charge in [-0.3, -0.25) is 24.6 Å². The molecule has 1 saturated heterocycles. The van der Waals surface area contributed by atoms with Crippen LogP contribution < -0.4 is 10.6 Å². The summed E-state index contributed by atoms with van der Waals surface area (Å²) in [6.45, 7) is 2.95. The lowest BCUT2D eigenvalue weighted by Gasteiger charge is -2.22. The van der Waals surface area contributed by atoms with Gasteiger partial charge in [-0.25, -0.2) is 4.79 Å². The number of nitro groups is 1. The lowest BCUT2D eigenvalue weighted by Crippen LogP contribution is -2.42. The maximum absolute atomic E-state index is 12.9. The number of carbonyl (C=O) groups excluding carboxylic acids is 3. The number of amides is 4. The maximum Gasteiger partial charge on any atom is 0.325 e. The minimum absolute atomic E-state index is 0.0331. The summed E-state index contributed by atoms with van der Waals surface area (Å²) in [5, 5.41) is 15.8. The van der Waals surface area contributed by atoms with E-state index in [1.165, 1.54) is 12.1 Å². The smallest absolute Gasteiger partial charge is 0.323 e. The highest BCUT2D eigenvalue weighted by Crippen LogP contribution is 2.30. The summed E-state index contributed by atoms with van der Waals surface area (Å²) < 4.78 is 0. The van der Waals surface area contributed by atoms with Crippen molar-refractivity contribution in [3.8, 4) is 0 Å². The van der Waals surface area contributed by atoms with E-state index in [4.69, 9.17) is 11.6 Å². The Labute approximate surface area is 170 Å². The minimum atomic E-state index is -1.28. The Hall–Kier alpha value is -3.46. The molecule has 2 N–H and O–H groups in total. The van der Waals surface area contributed by atoms with Gasteiger partial charge in [0.05, 0.1) is 15.6 Å². The van der Waals surface area contributed by atoms with Crippen molar-refractivity contribution in [2.45, 2.75) is 19.4 Å². The summed E-state index contributed by atoms with van der Waals surface area (Å²) in [5.74, 6) is -1.23. The van der Waals surface area contributed by atoms with Gasteiger partial charge in [0.25, 0.3) is 11.6 Å². The summed E-state index contributed by atoms with van der Waals surface area (Å²) in [4.78, 5) is 48.5. The molecule has 0 radical (unpaired) electrons. The molecule has 0 aliphatic carbocycles. The van der Waals surface area contributed by atoms with Crippen LogP contribution in [0.15, 0.2) is 42.5 Å². The van der Waals surface area contributed by atoms with Crippen LogP contribution in [0.5, 0.6) is 0 Å². The maximum atomic E-state index is 12.9. The molecule has 3 rings (SSSR count). The van der Waals surface area contributed by atoms with E-state index in [0.717, 1.165) is 16.5 Å². The highest BCUT2D eigenvalue weighted by molar-refractivity contribution is 6.34. The van der Waals surface area contributed by atoms with Crippen molar-refractivity contribution in [2.24, 2.45) is 0 Å². The molecule has 0 saturated carbocycles. The second-order valence-corrected chi connectivity index (χ2v) is 7.19. The fourth-order valence-corrected chi connectivity index (χ4v) is 3.20. The molecule has 9 nitrogen and oxygen atoms in total. The van der Waals surface area contributed by atoms with Gasteiger partial charge in [0.15, 0.2) is 0 Å². The van der Waals surface area contributed by atoms with Crippen LogP contribution in [0.2, 0.25) is 5.02 Å². The van der Waals surface area contributed by atoms with Gasteiger partial charge in [-0.05, 0) is 25.5 Å². The Kier molecular flexibility index (Phi) is 5.25. The van der Waals surface area contributed by atoms with Crippen LogP contribution in [0.3, 0.4) is 0 Å². The van der Waals surface area contributed by atoms with Gasteiger partial charge in [0.1, 0.15) is 12.1 Å². The monoisotopic (exact) mass is 416 g/mol. The number of nitro benzene ring substituents is 1. The third kappa shape index (κ3) is 3.90. The van der Waals surface area contributed by atoms with Gasteiger partial charge < -0.3 is 10.6 Å². The summed E-state index contributed by atoms with van der Waals surface area (Å²) in [6.07, 6.45) is 0. The topological polar surface area (TPSA) is 122 Å². The molecule has 1 aliphatic rings. The van der Waals surface area contributed by atoms with E-state index in [1.807, 2.05) is 19.1 Å². The minimum Gasteiger partial charge on any atom is -0.323 e. The van der Waals surface area contributed by atoms with Crippen molar-refractivity contribution in [1.82, 2.24) is 10.2 Å². The molecule has 1 unspecified atom stereocenters. The SMILES string of the molecule is Cc1ccc(C2(C)NC(=O)N(CC(=O)Nc3ccc([N+](=O)[O-])cc3Cl)C2=O)cc1. The third-order valence-corrected chi connectivity index (χ3v) is 4.96. The Morgan fingerprint density at radius 3 is 2.48 bits per heavy atom. The van der Waals surface area contributed by atoms with Crippen LogP contribution in [0, 0.1) is 17.0 Å². The molecule has 0 spiro atoms. The number of carbonyl (C=O) groups is 3. The number of nitrogens with zero attached hydrogens (tertiary/aromatic N) is 2. The first kappa shape index (κ1) is 20.3. The molecular formula is C19H17ClN4O5. The quantitative estimate of drug-likeness (QED) is 0.441. The van der Waals surface area contributed by atoms with Crippen LogP contribution in [0.25, 0.3) is 0 Å². The van der Waals surface area contributed by atoms with Crippen molar-refractivity contribution in [1.29, 1.82) is 0 Å². The molecule has 1 heterocycles. The number of aryl methyl sites for hydroxylation is 1. The number of urea groups is 1. The number of benzene rings is 2. The zero-order valence-corrected chi connectivity index (χ0v) is 16.3. The lowest BCUT2D eigenvalue weighted by atomic mass is 9.91. The van der Waals surface area contributed by atoms with E-state index in [-0.39, 0.29) is 16.4 Å². The molecule has 150 valence electrons. The Bertz CT molecular complexity index is 1020. The number of imide groups is 1. The highest BCUT2D eigenvalue weighted by Gasteiger charge is 2.49. The molecule has 1 atom stereocenters. The van der Waals surface area contributed by atoms with Crippen LogP contribution >= 0.6 is 11.6 Å². The molecule has 10 heteroatoms. The first-order valence-electron chi connectivity index (χ1n) is 8.57. The van der Waals surface area contributed by atoms with E-state index in [0.29, 0.717) is 5.56 Å². The average Bonchev–Trinajstić information content (AvgIpc) is 2.87. The number of non-ortho nitro benzene ring substituents is 1. The molecule has 1 fully saturated rings. The van der Waals surface area contributed by atoms with E-state index >= 15 is 0 Å². The van der Waals surface area contributed by atoms with Crippen molar-refractivity contribution in [3.05, 3.63) is 68.7 Å². The van der Waals surface area contributed by atoms with Crippen LogP contribution in [-0.4, -0.2) is 34.2 Å². The molecule has 0 aromatic heterocycles. The predicted octanol–water partition coefficient (Wildman–Crippen LogP) is 2.96. The van der Waals surface area contributed by atoms with Gasteiger partial charge in [0.2, 0.25) is 5.91 Å². The summed E-state index contributed by atoms with van der Waals surface area (Å²) in [6, 6.07) is 10.0. The van der Waals surface area contributed by atoms with Crippen LogP contribution in [0.1, 0.15) is 18.1 Å². The van der Waals surface area contributed by atoms with E-state index in [9.17, 15) is 24.5 Å². The van der Waals surface area contributed by atoms with Gasteiger partial charge in [0, 0.05) is 12.1 Å². The normalized spacial score (nSPS) is 18.5. The first-order chi connectivity index (χ1) is 13.6. The number of rotatable bonds is 5. The number of hydrogen-bond donors (Lipinski definition) is 2. The number of hydrogen-bond acceptors (Lipinski definition) is 5. The van der Waals surface area contributed by atoms with Crippen molar-refractivity contribution in [2.75, 3.05) is 11.9 Å². The first-order valence-corrected chi connectivity index (χ1v) is 8.94. The van der Waals surface area contributed by atoms with Crippen LogP contribution in [-0.2, 0) is 15.1 Å². The van der Waals surface area contributed by atoms with Crippen molar-refractivity contribution >= 4 is 40.8 Å². The largest absolute Gasteiger partial charge is 0.325 e. The molecule has 2 aromatic carbocycles. The second kappa shape index (κ2) is 7.51. The van der Waals surface area contributed by atoms with E-state index < -0.39 is 34.9 Å². The van der Waals surface area contributed by atoms with Crippen molar-refractivity contribution in [3.63, 3.8) is 0 Å². The average molecular weight is 417 g/mol. The van der Waals surface area contributed by atoms with E-state index in [1.54, 1.807) is 19.1 Å². The van der Waals surface area contributed by atoms with Crippen molar-refractivity contribution < 1.29 is 19.3 Å². The zero-order chi connectivity index (χ0) is 21.3. The van der Waals surface area contributed by atoms with E-state index in [2.05, 4.69) is 10.6 Å². The van der Waals surface area contributed by atoms with Gasteiger partial charge in [-0.1, -0.05) is 41.4 Å². The number of anilines is 1. The predicted molar refractivity (Wildman–Crippen MR) is 106 cm³/mol. The van der Waals surface area contributed by atoms with Crippen LogP contribution in [0.4, 0.5) is 16.2 Å². The summed E-state index contributed by atoms with van der Waals surface area (Å²) in [7, 11) is 0. The number of halogens is 1. The molecular weight excluding hydrogens is 400 g/mol. The summed E-state index contributed by atoms with van der Waals surface area (Å²) >= 11 is 5.95. The molecule has 4 amide bonds. The fourth-order valence-electron chi connectivity index (χ4n) is 2.98.